The van der Waals surface area contributed by atoms with E-state index in [0.29, 0.717) is 6.54 Å². The highest BCUT2D eigenvalue weighted by atomic mass is 32.2. The third-order valence-corrected chi connectivity index (χ3v) is 5.75. The number of amides is 1. The molecule has 1 unspecified atom stereocenters. The van der Waals surface area contributed by atoms with Gasteiger partial charge in [-0.1, -0.05) is 12.8 Å². The summed E-state index contributed by atoms with van der Waals surface area (Å²) in [5.41, 5.74) is 1.02. The number of pyridine rings is 1. The number of sulfonamides is 1. The second-order valence-electron chi connectivity index (χ2n) is 5.77. The molecule has 1 saturated heterocycles. The Balaban J connectivity index is 2.22. The molecular formula is C15H23N3O3S. The lowest BCUT2D eigenvalue weighted by atomic mass is 10.0. The van der Waals surface area contributed by atoms with Gasteiger partial charge in [0, 0.05) is 33.0 Å². The van der Waals surface area contributed by atoms with Crippen molar-refractivity contribution in [3.05, 3.63) is 30.1 Å². The third kappa shape index (κ3) is 4.04. The SMILES string of the molecule is CN(C)S(=O)(=O)CC(=O)N1CCCCCC1c1ccncc1. The smallest absolute Gasteiger partial charge is 0.239 e. The summed E-state index contributed by atoms with van der Waals surface area (Å²) in [6.45, 7) is 0.606. The van der Waals surface area contributed by atoms with E-state index in [9.17, 15) is 13.2 Å². The van der Waals surface area contributed by atoms with E-state index in [2.05, 4.69) is 4.98 Å². The molecule has 0 bridgehead atoms. The van der Waals surface area contributed by atoms with Crippen molar-refractivity contribution in [2.24, 2.45) is 0 Å². The van der Waals surface area contributed by atoms with E-state index >= 15 is 0 Å². The molecule has 1 aromatic heterocycles. The first-order chi connectivity index (χ1) is 10.4. The fraction of sp³-hybridized carbons (Fsp3) is 0.600. The predicted octanol–water partition coefficient (Wildman–Crippen LogP) is 1.42. The maximum absolute atomic E-state index is 12.6. The first-order valence-corrected chi connectivity index (χ1v) is 9.12. The lowest BCUT2D eigenvalue weighted by Gasteiger charge is -2.30. The van der Waals surface area contributed by atoms with Crippen molar-refractivity contribution in [3.63, 3.8) is 0 Å². The Bertz CT molecular complexity index is 602. The van der Waals surface area contributed by atoms with E-state index in [0.717, 1.165) is 35.6 Å². The molecule has 122 valence electrons. The van der Waals surface area contributed by atoms with Gasteiger partial charge < -0.3 is 4.90 Å². The highest BCUT2D eigenvalue weighted by Gasteiger charge is 2.30. The van der Waals surface area contributed by atoms with Crippen molar-refractivity contribution in [2.75, 3.05) is 26.4 Å². The summed E-state index contributed by atoms with van der Waals surface area (Å²) in [4.78, 5) is 18.3. The summed E-state index contributed by atoms with van der Waals surface area (Å²) in [5.74, 6) is -0.792. The topological polar surface area (TPSA) is 70.6 Å². The monoisotopic (exact) mass is 325 g/mol. The molecule has 0 saturated carbocycles. The average Bonchev–Trinajstić information content (AvgIpc) is 2.73. The number of hydrogen-bond donors (Lipinski definition) is 0. The van der Waals surface area contributed by atoms with Crippen LogP contribution in [0.25, 0.3) is 0 Å². The molecule has 1 aliphatic rings. The molecule has 1 amide bonds. The van der Waals surface area contributed by atoms with Crippen LogP contribution in [0.15, 0.2) is 24.5 Å². The Morgan fingerprint density at radius 1 is 1.27 bits per heavy atom. The standard InChI is InChI=1S/C15H23N3O3S/c1-17(2)22(20,21)12-15(19)18-11-5-3-4-6-14(18)13-7-9-16-10-8-13/h7-10,14H,3-6,11-12H2,1-2H3. The second-order valence-corrected chi connectivity index (χ2v) is 7.95. The molecule has 22 heavy (non-hydrogen) atoms. The minimum atomic E-state index is -3.53. The van der Waals surface area contributed by atoms with Crippen molar-refractivity contribution in [1.82, 2.24) is 14.2 Å². The average molecular weight is 325 g/mol. The molecule has 7 heteroatoms. The fourth-order valence-electron chi connectivity index (χ4n) is 2.71. The molecule has 1 aromatic rings. The molecule has 0 N–H and O–H groups in total. The summed E-state index contributed by atoms with van der Waals surface area (Å²) in [6.07, 6.45) is 7.29. The zero-order valence-electron chi connectivity index (χ0n) is 13.1. The molecule has 2 rings (SSSR count). The van der Waals surface area contributed by atoms with E-state index < -0.39 is 15.8 Å². The van der Waals surface area contributed by atoms with Gasteiger partial charge in [-0.3, -0.25) is 9.78 Å². The van der Waals surface area contributed by atoms with E-state index in [4.69, 9.17) is 0 Å². The van der Waals surface area contributed by atoms with Gasteiger partial charge in [-0.25, -0.2) is 12.7 Å². The van der Waals surface area contributed by atoms with Crippen LogP contribution >= 0.6 is 0 Å². The van der Waals surface area contributed by atoms with Gasteiger partial charge in [-0.15, -0.1) is 0 Å². The Labute approximate surface area is 132 Å². The number of aromatic nitrogens is 1. The number of hydrogen-bond acceptors (Lipinski definition) is 4. The third-order valence-electron chi connectivity index (χ3n) is 4.03. The quantitative estimate of drug-likeness (QED) is 0.839. The number of carbonyl (C=O) groups excluding carboxylic acids is 1. The van der Waals surface area contributed by atoms with Crippen LogP contribution in [0.1, 0.15) is 37.3 Å². The number of carbonyl (C=O) groups is 1. The molecule has 0 spiro atoms. The summed E-state index contributed by atoms with van der Waals surface area (Å²) >= 11 is 0. The van der Waals surface area contributed by atoms with Gasteiger partial charge in [-0.05, 0) is 30.5 Å². The molecule has 0 radical (unpaired) electrons. The normalized spacial score (nSPS) is 20.0. The minimum Gasteiger partial charge on any atom is -0.335 e. The van der Waals surface area contributed by atoms with E-state index in [-0.39, 0.29) is 11.9 Å². The number of rotatable bonds is 4. The van der Waals surface area contributed by atoms with Crippen LogP contribution in [0.3, 0.4) is 0 Å². The highest BCUT2D eigenvalue weighted by molar-refractivity contribution is 7.89. The summed E-state index contributed by atoms with van der Waals surface area (Å²) < 4.78 is 25.1. The highest BCUT2D eigenvalue weighted by Crippen LogP contribution is 2.30. The molecule has 1 aliphatic heterocycles. The Morgan fingerprint density at radius 2 is 1.95 bits per heavy atom. The maximum Gasteiger partial charge on any atom is 0.239 e. The van der Waals surface area contributed by atoms with Crippen LogP contribution in [0.4, 0.5) is 0 Å². The van der Waals surface area contributed by atoms with Crippen molar-refractivity contribution in [3.8, 4) is 0 Å². The van der Waals surface area contributed by atoms with Crippen molar-refractivity contribution in [1.29, 1.82) is 0 Å². The van der Waals surface area contributed by atoms with Gasteiger partial charge in [-0.2, -0.15) is 0 Å². The van der Waals surface area contributed by atoms with Gasteiger partial charge in [0.05, 0.1) is 6.04 Å². The van der Waals surface area contributed by atoms with Crippen LogP contribution in [-0.4, -0.2) is 54.9 Å². The summed E-state index contributed by atoms with van der Waals surface area (Å²) in [6, 6.07) is 3.74. The predicted molar refractivity (Wildman–Crippen MR) is 84.6 cm³/mol. The van der Waals surface area contributed by atoms with Gasteiger partial charge >= 0.3 is 0 Å². The zero-order chi connectivity index (χ0) is 16.2. The largest absolute Gasteiger partial charge is 0.335 e. The van der Waals surface area contributed by atoms with Crippen LogP contribution in [0.2, 0.25) is 0 Å². The van der Waals surface area contributed by atoms with E-state index in [1.165, 1.54) is 14.1 Å². The van der Waals surface area contributed by atoms with Gasteiger partial charge in [0.25, 0.3) is 0 Å². The molecular weight excluding hydrogens is 302 g/mol. The van der Waals surface area contributed by atoms with Crippen LogP contribution in [0, 0.1) is 0 Å². The Morgan fingerprint density at radius 3 is 2.59 bits per heavy atom. The maximum atomic E-state index is 12.6. The number of nitrogens with zero attached hydrogens (tertiary/aromatic N) is 3. The second kappa shape index (κ2) is 7.19. The fourth-order valence-corrected chi connectivity index (χ4v) is 3.44. The van der Waals surface area contributed by atoms with Gasteiger partial charge in [0.2, 0.25) is 15.9 Å². The summed E-state index contributed by atoms with van der Waals surface area (Å²) in [5, 5.41) is 0. The van der Waals surface area contributed by atoms with Gasteiger partial charge in [0.1, 0.15) is 5.75 Å². The lowest BCUT2D eigenvalue weighted by Crippen LogP contribution is -2.41. The zero-order valence-corrected chi connectivity index (χ0v) is 13.9. The first-order valence-electron chi connectivity index (χ1n) is 7.51. The molecule has 6 nitrogen and oxygen atoms in total. The first kappa shape index (κ1) is 16.9. The molecule has 1 fully saturated rings. The number of likely N-dealkylation sites (tertiary alicyclic amines) is 1. The van der Waals surface area contributed by atoms with Gasteiger partial charge in [0.15, 0.2) is 0 Å². The summed E-state index contributed by atoms with van der Waals surface area (Å²) in [7, 11) is -0.635. The van der Waals surface area contributed by atoms with E-state index in [1.54, 1.807) is 17.3 Å². The molecule has 1 atom stereocenters. The molecule has 2 heterocycles. The Kier molecular flexibility index (Phi) is 5.52. The van der Waals surface area contributed by atoms with Crippen molar-refractivity contribution < 1.29 is 13.2 Å². The Hall–Kier alpha value is -1.47. The van der Waals surface area contributed by atoms with Crippen LogP contribution in [0.5, 0.6) is 0 Å². The van der Waals surface area contributed by atoms with Crippen LogP contribution in [-0.2, 0) is 14.8 Å². The minimum absolute atomic E-state index is 0.0598. The molecule has 0 aliphatic carbocycles. The molecule has 0 aromatic carbocycles. The van der Waals surface area contributed by atoms with Crippen molar-refractivity contribution >= 4 is 15.9 Å². The van der Waals surface area contributed by atoms with Crippen molar-refractivity contribution in [2.45, 2.75) is 31.7 Å². The van der Waals surface area contributed by atoms with Crippen LogP contribution < -0.4 is 0 Å². The van der Waals surface area contributed by atoms with E-state index in [1.807, 2.05) is 12.1 Å². The lowest BCUT2D eigenvalue weighted by molar-refractivity contribution is -0.130.